The summed E-state index contributed by atoms with van der Waals surface area (Å²) in [5.41, 5.74) is -1.95. The van der Waals surface area contributed by atoms with Gasteiger partial charge in [-0.3, -0.25) is 14.9 Å². The summed E-state index contributed by atoms with van der Waals surface area (Å²) in [6.45, 7) is 0. The topological polar surface area (TPSA) is 72.2 Å². The van der Waals surface area contributed by atoms with Crippen molar-refractivity contribution in [3.63, 3.8) is 0 Å². The number of alkyl halides is 5. The van der Waals surface area contributed by atoms with Gasteiger partial charge >= 0.3 is 23.7 Å². The molecule has 0 atom stereocenters. The minimum atomic E-state index is -6.12. The van der Waals surface area contributed by atoms with Crippen molar-refractivity contribution in [2.24, 2.45) is 0 Å². The second kappa shape index (κ2) is 4.98. The van der Waals surface area contributed by atoms with Gasteiger partial charge in [-0.15, -0.1) is 0 Å². The molecule has 0 aliphatic heterocycles. The predicted octanol–water partition coefficient (Wildman–Crippen LogP) is 2.87. The summed E-state index contributed by atoms with van der Waals surface area (Å²) in [5, 5.41) is 11.5. The van der Waals surface area contributed by atoms with Crippen LogP contribution in [0.1, 0.15) is 0 Å². The van der Waals surface area contributed by atoms with Gasteiger partial charge in [-0.1, -0.05) is 0 Å². The zero-order valence-electron chi connectivity index (χ0n) is 9.17. The molecule has 0 fully saturated rings. The Morgan fingerprint density at radius 2 is 1.75 bits per heavy atom. The first-order valence-electron chi connectivity index (χ1n) is 4.66. The molecule has 0 bridgehead atoms. The molecule has 1 aromatic carbocycles. The molecule has 0 unspecified atom stereocenters. The Balaban J connectivity index is 3.03. The number of carbonyl (C=O) groups excluding carboxylic acids is 1. The third-order valence-electron chi connectivity index (χ3n) is 2.04. The molecule has 0 spiro atoms. The Bertz CT molecular complexity index is 557. The summed E-state index contributed by atoms with van der Waals surface area (Å²) in [6.07, 6.45) is -6.12. The highest BCUT2D eigenvalue weighted by atomic mass is 19.4. The van der Waals surface area contributed by atoms with Gasteiger partial charge in [0, 0.05) is 11.8 Å². The van der Waals surface area contributed by atoms with Crippen LogP contribution in [0, 0.1) is 15.9 Å². The first-order chi connectivity index (χ1) is 8.96. The van der Waals surface area contributed by atoms with Crippen LogP contribution in [0.15, 0.2) is 18.2 Å². The van der Waals surface area contributed by atoms with Gasteiger partial charge in [0.15, 0.2) is 0 Å². The number of nitro benzene ring substituents is 1. The molecule has 1 aromatic rings. The van der Waals surface area contributed by atoms with E-state index in [9.17, 15) is 41.3 Å². The first-order valence-corrected chi connectivity index (χ1v) is 4.66. The van der Waals surface area contributed by atoms with Crippen molar-refractivity contribution >= 4 is 17.3 Å². The lowest BCUT2D eigenvalue weighted by Gasteiger charge is -2.18. The lowest BCUT2D eigenvalue weighted by Crippen LogP contribution is -2.47. The SMILES string of the molecule is O=C(Nc1ccc(F)c([N+](=O)[O-])c1)C(F)(F)C(F)(F)F. The average molecular weight is 302 g/mol. The van der Waals surface area contributed by atoms with Crippen LogP contribution >= 0.6 is 0 Å². The molecule has 110 valence electrons. The lowest BCUT2D eigenvalue weighted by molar-refractivity contribution is -0.387. The molecule has 0 saturated carbocycles. The Morgan fingerprint density at radius 1 is 1.20 bits per heavy atom. The van der Waals surface area contributed by atoms with E-state index in [-0.39, 0.29) is 0 Å². The molecule has 0 heterocycles. The van der Waals surface area contributed by atoms with E-state index in [4.69, 9.17) is 0 Å². The fraction of sp³-hybridized carbons (Fsp3) is 0.222. The summed E-state index contributed by atoms with van der Waals surface area (Å²) in [6, 6.07) is 1.37. The van der Waals surface area contributed by atoms with Crippen molar-refractivity contribution in [2.75, 3.05) is 5.32 Å². The third kappa shape index (κ3) is 2.97. The van der Waals surface area contributed by atoms with Crippen LogP contribution < -0.4 is 5.32 Å². The number of nitrogens with one attached hydrogen (secondary N) is 1. The van der Waals surface area contributed by atoms with Crippen molar-refractivity contribution < 1.29 is 36.1 Å². The summed E-state index contributed by atoms with van der Waals surface area (Å²) >= 11 is 0. The maximum Gasteiger partial charge on any atom is 0.463 e. The van der Waals surface area contributed by atoms with E-state index in [1.54, 1.807) is 0 Å². The van der Waals surface area contributed by atoms with Crippen molar-refractivity contribution in [2.45, 2.75) is 12.1 Å². The Morgan fingerprint density at radius 3 is 2.20 bits per heavy atom. The molecular weight excluding hydrogens is 298 g/mol. The van der Waals surface area contributed by atoms with E-state index in [1.807, 2.05) is 0 Å². The third-order valence-corrected chi connectivity index (χ3v) is 2.04. The van der Waals surface area contributed by atoms with Crippen LogP contribution in [0.2, 0.25) is 0 Å². The number of nitro groups is 1. The van der Waals surface area contributed by atoms with Crippen LogP contribution in [0.4, 0.5) is 37.7 Å². The molecule has 1 amide bonds. The number of hydrogen-bond acceptors (Lipinski definition) is 3. The van der Waals surface area contributed by atoms with Crippen LogP contribution in [0.25, 0.3) is 0 Å². The molecule has 0 aliphatic rings. The van der Waals surface area contributed by atoms with Crippen LogP contribution in [0.3, 0.4) is 0 Å². The molecule has 11 heteroatoms. The molecule has 0 aliphatic carbocycles. The largest absolute Gasteiger partial charge is 0.463 e. The number of carbonyl (C=O) groups is 1. The summed E-state index contributed by atoms with van der Waals surface area (Å²) in [5.74, 6) is -9.75. The van der Waals surface area contributed by atoms with Gasteiger partial charge in [0.1, 0.15) is 0 Å². The second-order valence-corrected chi connectivity index (χ2v) is 3.45. The van der Waals surface area contributed by atoms with Gasteiger partial charge in [0.25, 0.3) is 0 Å². The standard InChI is InChI=1S/C9H4F6N2O3/c10-5-2-1-4(3-6(5)17(19)20)16-7(18)8(11,12)9(13,14)15/h1-3H,(H,16,18). The number of rotatable bonds is 3. The second-order valence-electron chi connectivity index (χ2n) is 3.45. The normalized spacial score (nSPS) is 12.1. The van der Waals surface area contributed by atoms with Crippen molar-refractivity contribution in [3.8, 4) is 0 Å². The number of nitrogens with zero attached hydrogens (tertiary/aromatic N) is 1. The minimum absolute atomic E-state index is 0.319. The zero-order chi connectivity index (χ0) is 15.7. The number of amides is 1. The first kappa shape index (κ1) is 15.7. The van der Waals surface area contributed by atoms with E-state index in [0.717, 1.165) is 5.32 Å². The summed E-state index contributed by atoms with van der Waals surface area (Å²) < 4.78 is 73.7. The predicted molar refractivity (Wildman–Crippen MR) is 52.7 cm³/mol. The van der Waals surface area contributed by atoms with Gasteiger partial charge in [-0.05, 0) is 12.1 Å². The molecule has 1 N–H and O–H groups in total. The van der Waals surface area contributed by atoms with Gasteiger partial charge in [0.05, 0.1) is 4.92 Å². The number of anilines is 1. The molecule has 0 radical (unpaired) electrons. The number of hydrogen-bond donors (Lipinski definition) is 1. The summed E-state index contributed by atoms with van der Waals surface area (Å²) in [7, 11) is 0. The number of benzene rings is 1. The molecule has 1 rings (SSSR count). The maximum absolute atomic E-state index is 12.9. The van der Waals surface area contributed by atoms with Crippen LogP contribution in [-0.2, 0) is 4.79 Å². The average Bonchev–Trinajstić information content (AvgIpc) is 2.29. The molecule has 0 aromatic heterocycles. The molecule has 20 heavy (non-hydrogen) atoms. The summed E-state index contributed by atoms with van der Waals surface area (Å²) in [4.78, 5) is 19.9. The van der Waals surface area contributed by atoms with Crippen LogP contribution in [0.5, 0.6) is 0 Å². The molecule has 0 saturated heterocycles. The van der Waals surface area contributed by atoms with Gasteiger partial charge in [-0.25, -0.2) is 0 Å². The highest BCUT2D eigenvalue weighted by molar-refractivity contribution is 5.96. The number of halogens is 6. The fourth-order valence-corrected chi connectivity index (χ4v) is 1.07. The fourth-order valence-electron chi connectivity index (χ4n) is 1.07. The van der Waals surface area contributed by atoms with Gasteiger partial charge in [-0.2, -0.15) is 26.3 Å². The Kier molecular flexibility index (Phi) is 3.92. The van der Waals surface area contributed by atoms with E-state index in [0.29, 0.717) is 18.2 Å². The van der Waals surface area contributed by atoms with E-state index in [2.05, 4.69) is 0 Å². The Hall–Kier alpha value is -2.33. The van der Waals surface area contributed by atoms with Crippen molar-refractivity contribution in [1.29, 1.82) is 0 Å². The molecular formula is C9H4F6N2O3. The highest BCUT2D eigenvalue weighted by Gasteiger charge is 2.63. The molecule has 5 nitrogen and oxygen atoms in total. The van der Waals surface area contributed by atoms with Gasteiger partial charge in [0.2, 0.25) is 5.82 Å². The lowest BCUT2D eigenvalue weighted by atomic mass is 10.2. The van der Waals surface area contributed by atoms with Crippen molar-refractivity contribution in [3.05, 3.63) is 34.1 Å². The van der Waals surface area contributed by atoms with Crippen molar-refractivity contribution in [1.82, 2.24) is 0 Å². The Labute approximate surface area is 106 Å². The van der Waals surface area contributed by atoms with E-state index in [1.165, 1.54) is 0 Å². The highest BCUT2D eigenvalue weighted by Crippen LogP contribution is 2.36. The maximum atomic E-state index is 12.9. The van der Waals surface area contributed by atoms with Gasteiger partial charge < -0.3 is 5.32 Å². The quantitative estimate of drug-likeness (QED) is 0.530. The van der Waals surface area contributed by atoms with E-state index >= 15 is 0 Å². The minimum Gasteiger partial charge on any atom is -0.320 e. The van der Waals surface area contributed by atoms with Crippen LogP contribution in [-0.4, -0.2) is 22.9 Å². The monoisotopic (exact) mass is 302 g/mol. The van der Waals surface area contributed by atoms with E-state index < -0.39 is 40.1 Å². The zero-order valence-corrected chi connectivity index (χ0v) is 9.17. The smallest absolute Gasteiger partial charge is 0.320 e.